The number of methoxy groups -OCH3 is 1. The molecule has 3 aliphatic rings. The molecule has 0 spiro atoms. The molecule has 0 aromatic heterocycles. The molecule has 26 heavy (non-hydrogen) atoms. The number of rotatable bonds is 2. The molecule has 4 rings (SSSR count). The molecule has 3 unspecified atom stereocenters. The number of hydrogen-bond acceptors (Lipinski definition) is 3. The Bertz CT molecular complexity index is 763. The molecule has 1 aromatic rings. The quantitative estimate of drug-likeness (QED) is 0.528. The van der Waals surface area contributed by atoms with Gasteiger partial charge in [-0.1, -0.05) is 13.0 Å². The van der Waals surface area contributed by atoms with E-state index in [9.17, 15) is 4.79 Å². The van der Waals surface area contributed by atoms with Crippen molar-refractivity contribution in [3.63, 3.8) is 0 Å². The number of carbonyl (C=O) groups excluding carboxylic acids is 1. The maximum Gasteiger partial charge on any atom is 0.307 e. The number of esters is 1. The van der Waals surface area contributed by atoms with E-state index >= 15 is 0 Å². The summed E-state index contributed by atoms with van der Waals surface area (Å²) >= 11 is 0. The fourth-order valence-corrected chi connectivity index (χ4v) is 6.35. The third kappa shape index (κ3) is 2.67. The number of ether oxygens (including phenoxy) is 2. The van der Waals surface area contributed by atoms with Crippen LogP contribution in [0.15, 0.2) is 29.5 Å². The van der Waals surface area contributed by atoms with Gasteiger partial charge in [0.25, 0.3) is 0 Å². The van der Waals surface area contributed by atoms with E-state index in [-0.39, 0.29) is 11.4 Å². The summed E-state index contributed by atoms with van der Waals surface area (Å²) in [5.41, 5.74) is 4.64. The first-order valence-electron chi connectivity index (χ1n) is 9.99. The average molecular weight is 354 g/mol. The normalized spacial score (nSPS) is 34.4. The van der Waals surface area contributed by atoms with Gasteiger partial charge in [-0.3, -0.25) is 4.79 Å². The number of hydrogen-bond donors (Lipinski definition) is 0. The third-order valence-corrected chi connectivity index (χ3v) is 7.44. The third-order valence-electron chi connectivity index (χ3n) is 7.44. The van der Waals surface area contributed by atoms with Gasteiger partial charge in [0.2, 0.25) is 0 Å². The van der Waals surface area contributed by atoms with E-state index in [1.54, 1.807) is 12.7 Å². The summed E-state index contributed by atoms with van der Waals surface area (Å²) in [6.07, 6.45) is 7.16. The molecule has 0 bridgehead atoms. The topological polar surface area (TPSA) is 35.5 Å². The Labute approximate surface area is 156 Å². The molecule has 3 aliphatic carbocycles. The van der Waals surface area contributed by atoms with Crippen molar-refractivity contribution in [2.75, 3.05) is 7.11 Å². The van der Waals surface area contributed by atoms with Crippen molar-refractivity contribution in [3.8, 4) is 5.75 Å². The fourth-order valence-electron chi connectivity index (χ4n) is 6.35. The highest BCUT2D eigenvalue weighted by molar-refractivity contribution is 5.67. The molecule has 0 heterocycles. The van der Waals surface area contributed by atoms with E-state index in [1.807, 2.05) is 6.92 Å². The van der Waals surface area contributed by atoms with Crippen molar-refractivity contribution in [1.82, 2.24) is 0 Å². The Balaban J connectivity index is 1.65. The summed E-state index contributed by atoms with van der Waals surface area (Å²) < 4.78 is 10.9. The molecular formula is C23H30O3. The molecule has 1 aromatic carbocycles. The van der Waals surface area contributed by atoms with Crippen LogP contribution in [0.4, 0.5) is 0 Å². The van der Waals surface area contributed by atoms with E-state index in [4.69, 9.17) is 9.47 Å². The van der Waals surface area contributed by atoms with Gasteiger partial charge >= 0.3 is 5.97 Å². The van der Waals surface area contributed by atoms with Crippen LogP contribution in [0.5, 0.6) is 5.75 Å². The van der Waals surface area contributed by atoms with Crippen molar-refractivity contribution in [2.45, 2.75) is 65.2 Å². The second-order valence-corrected chi connectivity index (χ2v) is 8.60. The van der Waals surface area contributed by atoms with Gasteiger partial charge in [-0.15, -0.1) is 0 Å². The zero-order chi connectivity index (χ0) is 18.5. The van der Waals surface area contributed by atoms with Crippen molar-refractivity contribution in [1.29, 1.82) is 0 Å². The SMILES string of the molecule is COc1ccc2c(c1)CCC1C2CC[C@]2(C)/C(=C(\C)OC(C)=O)CCC12. The standard InChI is InChI=1S/C23H30O3/c1-14(26-15(2)24)21-9-10-22-20-7-5-16-13-17(25-4)6-8-18(16)19(20)11-12-23(21,22)3/h6,8,13,19-20,22H,5,7,9-12H2,1-4H3/b21-14+/t19?,20?,22?,23-/m1/s1. The molecule has 3 heteroatoms. The highest BCUT2D eigenvalue weighted by atomic mass is 16.5. The minimum Gasteiger partial charge on any atom is -0.497 e. The Kier molecular flexibility index (Phi) is 4.37. The molecule has 0 N–H and O–H groups in total. The summed E-state index contributed by atoms with van der Waals surface area (Å²) in [6, 6.07) is 6.67. The summed E-state index contributed by atoms with van der Waals surface area (Å²) in [7, 11) is 1.75. The lowest BCUT2D eigenvalue weighted by Gasteiger charge is -2.49. The Morgan fingerprint density at radius 1 is 1.15 bits per heavy atom. The second-order valence-electron chi connectivity index (χ2n) is 8.60. The van der Waals surface area contributed by atoms with Crippen LogP contribution in [-0.2, 0) is 16.0 Å². The number of allylic oxidation sites excluding steroid dienone is 2. The molecule has 2 saturated carbocycles. The monoisotopic (exact) mass is 354 g/mol. The van der Waals surface area contributed by atoms with Gasteiger partial charge in [0.05, 0.1) is 7.11 Å². The molecule has 0 radical (unpaired) electrons. The van der Waals surface area contributed by atoms with Crippen LogP contribution in [0.1, 0.15) is 69.9 Å². The molecule has 0 amide bonds. The van der Waals surface area contributed by atoms with Crippen LogP contribution in [-0.4, -0.2) is 13.1 Å². The van der Waals surface area contributed by atoms with Crippen LogP contribution >= 0.6 is 0 Å². The minimum atomic E-state index is -0.198. The zero-order valence-electron chi connectivity index (χ0n) is 16.4. The van der Waals surface area contributed by atoms with E-state index in [2.05, 4.69) is 25.1 Å². The van der Waals surface area contributed by atoms with Crippen LogP contribution in [0.3, 0.4) is 0 Å². The average Bonchev–Trinajstić information content (AvgIpc) is 2.97. The molecule has 0 saturated heterocycles. The highest BCUT2D eigenvalue weighted by Crippen LogP contribution is 2.63. The fraction of sp³-hybridized carbons (Fsp3) is 0.609. The summed E-state index contributed by atoms with van der Waals surface area (Å²) in [5, 5.41) is 0. The zero-order valence-corrected chi connectivity index (χ0v) is 16.4. The lowest BCUT2D eigenvalue weighted by molar-refractivity contribution is -0.137. The first-order valence-corrected chi connectivity index (χ1v) is 9.99. The maximum absolute atomic E-state index is 11.4. The van der Waals surface area contributed by atoms with Crippen molar-refractivity contribution >= 4 is 5.97 Å². The number of fused-ring (bicyclic) bond motifs is 5. The Hall–Kier alpha value is -1.77. The molecule has 3 nitrogen and oxygen atoms in total. The Morgan fingerprint density at radius 3 is 2.69 bits per heavy atom. The number of aryl methyl sites for hydroxylation is 1. The molecule has 4 atom stereocenters. The highest BCUT2D eigenvalue weighted by Gasteiger charge is 2.53. The van der Waals surface area contributed by atoms with Crippen LogP contribution in [0, 0.1) is 17.3 Å². The van der Waals surface area contributed by atoms with E-state index < -0.39 is 0 Å². The molecule has 0 aliphatic heterocycles. The van der Waals surface area contributed by atoms with Gasteiger partial charge in [0, 0.05) is 6.92 Å². The minimum absolute atomic E-state index is 0.198. The molecular weight excluding hydrogens is 324 g/mol. The van der Waals surface area contributed by atoms with Crippen molar-refractivity contribution < 1.29 is 14.3 Å². The first kappa shape index (κ1) is 17.6. The number of carbonyl (C=O) groups is 1. The molecule has 140 valence electrons. The van der Waals surface area contributed by atoms with Crippen LogP contribution in [0.2, 0.25) is 0 Å². The predicted octanol–water partition coefficient (Wildman–Crippen LogP) is 5.39. The van der Waals surface area contributed by atoms with E-state index in [0.717, 1.165) is 30.3 Å². The van der Waals surface area contributed by atoms with E-state index in [0.29, 0.717) is 11.8 Å². The first-order chi connectivity index (χ1) is 12.4. The largest absolute Gasteiger partial charge is 0.497 e. The maximum atomic E-state index is 11.4. The summed E-state index contributed by atoms with van der Waals surface area (Å²) in [5.74, 6) is 3.77. The van der Waals surface area contributed by atoms with Gasteiger partial charge in [-0.2, -0.15) is 0 Å². The summed E-state index contributed by atoms with van der Waals surface area (Å²) in [4.78, 5) is 11.4. The smallest absolute Gasteiger partial charge is 0.307 e. The van der Waals surface area contributed by atoms with Gasteiger partial charge in [0.15, 0.2) is 0 Å². The number of benzene rings is 1. The van der Waals surface area contributed by atoms with Gasteiger partial charge in [-0.05, 0) is 97.5 Å². The van der Waals surface area contributed by atoms with Crippen LogP contribution < -0.4 is 4.74 Å². The van der Waals surface area contributed by atoms with Crippen molar-refractivity contribution in [3.05, 3.63) is 40.7 Å². The van der Waals surface area contributed by atoms with E-state index in [1.165, 1.54) is 43.7 Å². The Morgan fingerprint density at radius 2 is 1.96 bits per heavy atom. The van der Waals surface area contributed by atoms with Crippen LogP contribution in [0.25, 0.3) is 0 Å². The molecule has 2 fully saturated rings. The van der Waals surface area contributed by atoms with Gasteiger partial charge < -0.3 is 9.47 Å². The predicted molar refractivity (Wildman–Crippen MR) is 102 cm³/mol. The second kappa shape index (κ2) is 6.44. The lowest BCUT2D eigenvalue weighted by Crippen LogP contribution is -2.40. The lowest BCUT2D eigenvalue weighted by atomic mass is 9.55. The van der Waals surface area contributed by atoms with Crippen molar-refractivity contribution in [2.24, 2.45) is 17.3 Å². The van der Waals surface area contributed by atoms with Gasteiger partial charge in [0.1, 0.15) is 11.5 Å². The summed E-state index contributed by atoms with van der Waals surface area (Å²) in [6.45, 7) is 5.91. The van der Waals surface area contributed by atoms with Gasteiger partial charge in [-0.25, -0.2) is 0 Å².